The summed E-state index contributed by atoms with van der Waals surface area (Å²) in [5.74, 6) is 2.09. The van der Waals surface area contributed by atoms with Crippen molar-refractivity contribution in [3.63, 3.8) is 0 Å². The van der Waals surface area contributed by atoms with E-state index in [-0.39, 0.29) is 18.0 Å². The van der Waals surface area contributed by atoms with E-state index in [1.807, 2.05) is 0 Å². The van der Waals surface area contributed by atoms with Gasteiger partial charge in [0.1, 0.15) is 6.10 Å². The molecule has 2 aromatic carbocycles. The minimum Gasteiger partial charge on any atom is -0.462 e. The van der Waals surface area contributed by atoms with Gasteiger partial charge in [-0.1, -0.05) is 73.7 Å². The number of esters is 1. The Labute approximate surface area is 213 Å². The molecule has 2 heteroatoms. The second-order valence-corrected chi connectivity index (χ2v) is 11.0. The Balaban J connectivity index is 1.18. The zero-order valence-electron chi connectivity index (χ0n) is 21.8. The zero-order valence-corrected chi connectivity index (χ0v) is 21.8. The van der Waals surface area contributed by atoms with Crippen LogP contribution in [0.1, 0.15) is 107 Å². The number of hydrogen-bond acceptors (Lipinski definition) is 2. The molecule has 0 radical (unpaired) electrons. The number of benzene rings is 2. The number of allylic oxidation sites excluding steroid dienone is 2. The molecule has 2 saturated carbocycles. The first-order valence-corrected chi connectivity index (χ1v) is 14.1. The lowest BCUT2D eigenvalue weighted by atomic mass is 9.78. The van der Waals surface area contributed by atoms with Crippen molar-refractivity contribution in [3.05, 3.63) is 83.4 Å². The highest BCUT2D eigenvalue weighted by molar-refractivity contribution is 5.72. The third-order valence-electron chi connectivity index (χ3n) is 8.48. The Morgan fingerprint density at radius 1 is 0.914 bits per heavy atom. The van der Waals surface area contributed by atoms with Crippen molar-refractivity contribution in [2.75, 3.05) is 0 Å². The number of rotatable bonds is 9. The van der Waals surface area contributed by atoms with E-state index in [9.17, 15) is 4.79 Å². The number of ether oxygens (including phenoxy) is 1. The van der Waals surface area contributed by atoms with Crippen LogP contribution in [0.5, 0.6) is 0 Å². The highest BCUT2D eigenvalue weighted by Gasteiger charge is 2.31. The summed E-state index contributed by atoms with van der Waals surface area (Å²) >= 11 is 0. The first kappa shape index (κ1) is 25.7. The van der Waals surface area contributed by atoms with Crippen molar-refractivity contribution in [2.24, 2.45) is 11.8 Å². The fourth-order valence-corrected chi connectivity index (χ4v) is 6.14. The summed E-state index contributed by atoms with van der Waals surface area (Å²) in [4.78, 5) is 12.8. The molecule has 0 saturated heterocycles. The molecule has 0 heterocycles. The van der Waals surface area contributed by atoms with Gasteiger partial charge in [0.2, 0.25) is 0 Å². The van der Waals surface area contributed by atoms with Crippen LogP contribution in [-0.2, 0) is 16.0 Å². The van der Waals surface area contributed by atoms with E-state index in [1.54, 1.807) is 0 Å². The number of carbonyl (C=O) groups excluding carboxylic acids is 1. The summed E-state index contributed by atoms with van der Waals surface area (Å²) in [6, 6.07) is 20.0. The van der Waals surface area contributed by atoms with Crippen LogP contribution in [0.3, 0.4) is 0 Å². The molecule has 0 spiro atoms. The van der Waals surface area contributed by atoms with Crippen LogP contribution in [-0.4, -0.2) is 12.1 Å². The van der Waals surface area contributed by atoms with Crippen molar-refractivity contribution in [1.29, 1.82) is 0 Å². The van der Waals surface area contributed by atoms with Gasteiger partial charge in [0.05, 0.1) is 5.92 Å². The second kappa shape index (κ2) is 13.1. The van der Waals surface area contributed by atoms with Crippen molar-refractivity contribution in [2.45, 2.75) is 102 Å². The molecule has 1 atom stereocenters. The topological polar surface area (TPSA) is 26.3 Å². The van der Waals surface area contributed by atoms with E-state index in [2.05, 4.69) is 80.6 Å². The molecular formula is C33H44O2. The second-order valence-electron chi connectivity index (χ2n) is 11.0. The minimum atomic E-state index is 0.0751. The molecule has 0 N–H and O–H groups in total. The first-order chi connectivity index (χ1) is 17.1. The summed E-state index contributed by atoms with van der Waals surface area (Å²) in [7, 11) is 0. The Bertz CT molecular complexity index is 913. The summed E-state index contributed by atoms with van der Waals surface area (Å²) < 4.78 is 5.98. The van der Waals surface area contributed by atoms with E-state index in [0.717, 1.165) is 50.9 Å². The standard InChI is InChI=1S/C33H44O2/c1-3-4-6-9-26-14-22-32(23-15-26)35-33(34)31-20-18-30(19-21-31)29-16-12-27(13-17-29)24-25(2)28-10-7-5-8-11-28/h3-5,7-8,10-13,16-17,25-26,30-32H,6,9,14-15,18-24H2,1-2H3/b4-3+/t25-,26?,30?,31?,32?/m0/s1. The van der Waals surface area contributed by atoms with Crippen molar-refractivity contribution >= 4 is 5.97 Å². The van der Waals surface area contributed by atoms with Crippen LogP contribution in [0.4, 0.5) is 0 Å². The number of hydrogen-bond donors (Lipinski definition) is 0. The summed E-state index contributed by atoms with van der Waals surface area (Å²) in [6.07, 6.45) is 16.8. The predicted octanol–water partition coefficient (Wildman–Crippen LogP) is 8.76. The lowest BCUT2D eigenvalue weighted by Crippen LogP contribution is -2.29. The van der Waals surface area contributed by atoms with Crippen LogP contribution < -0.4 is 0 Å². The van der Waals surface area contributed by atoms with E-state index in [1.165, 1.54) is 42.4 Å². The Morgan fingerprint density at radius 3 is 2.26 bits per heavy atom. The molecule has 35 heavy (non-hydrogen) atoms. The maximum atomic E-state index is 12.8. The van der Waals surface area contributed by atoms with E-state index < -0.39 is 0 Å². The van der Waals surface area contributed by atoms with E-state index in [0.29, 0.717) is 11.8 Å². The number of carbonyl (C=O) groups is 1. The third-order valence-corrected chi connectivity index (χ3v) is 8.48. The van der Waals surface area contributed by atoms with Gasteiger partial charge < -0.3 is 4.74 Å². The van der Waals surface area contributed by atoms with Gasteiger partial charge in [-0.25, -0.2) is 0 Å². The zero-order chi connectivity index (χ0) is 24.5. The lowest BCUT2D eigenvalue weighted by Gasteiger charge is -2.31. The molecule has 0 amide bonds. The van der Waals surface area contributed by atoms with Gasteiger partial charge in [0.25, 0.3) is 0 Å². The highest BCUT2D eigenvalue weighted by Crippen LogP contribution is 2.37. The third kappa shape index (κ3) is 7.56. The van der Waals surface area contributed by atoms with Crippen LogP contribution in [0, 0.1) is 11.8 Å². The molecule has 2 aliphatic rings. The molecule has 2 fully saturated rings. The molecule has 0 aromatic heterocycles. The Morgan fingerprint density at radius 2 is 1.60 bits per heavy atom. The van der Waals surface area contributed by atoms with Crippen LogP contribution in [0.25, 0.3) is 0 Å². The first-order valence-electron chi connectivity index (χ1n) is 14.1. The van der Waals surface area contributed by atoms with Gasteiger partial charge >= 0.3 is 5.97 Å². The van der Waals surface area contributed by atoms with Gasteiger partial charge in [-0.2, -0.15) is 0 Å². The van der Waals surface area contributed by atoms with Gasteiger partial charge in [-0.05, 0) is 112 Å². The molecule has 4 rings (SSSR count). The summed E-state index contributed by atoms with van der Waals surface area (Å²) in [5, 5.41) is 0. The largest absolute Gasteiger partial charge is 0.462 e. The lowest BCUT2D eigenvalue weighted by molar-refractivity contribution is -0.157. The molecule has 2 nitrogen and oxygen atoms in total. The predicted molar refractivity (Wildman–Crippen MR) is 146 cm³/mol. The van der Waals surface area contributed by atoms with Gasteiger partial charge in [0.15, 0.2) is 0 Å². The Kier molecular flexibility index (Phi) is 9.63. The molecule has 0 aliphatic heterocycles. The SMILES string of the molecule is C/C=C/CCC1CCC(OC(=O)C2CCC(c3ccc(C[C@H](C)c4ccccc4)cc3)CC2)CC1. The highest BCUT2D eigenvalue weighted by atomic mass is 16.5. The Hall–Kier alpha value is -2.35. The quantitative estimate of drug-likeness (QED) is 0.269. The average molecular weight is 473 g/mol. The fraction of sp³-hybridized carbons (Fsp3) is 0.545. The summed E-state index contributed by atoms with van der Waals surface area (Å²) in [6.45, 7) is 4.40. The van der Waals surface area contributed by atoms with Crippen molar-refractivity contribution in [3.8, 4) is 0 Å². The normalized spacial score (nSPS) is 25.9. The van der Waals surface area contributed by atoms with Crippen molar-refractivity contribution in [1.82, 2.24) is 0 Å². The van der Waals surface area contributed by atoms with Gasteiger partial charge in [0, 0.05) is 0 Å². The van der Waals surface area contributed by atoms with Gasteiger partial charge in [-0.15, -0.1) is 0 Å². The maximum absolute atomic E-state index is 12.8. The van der Waals surface area contributed by atoms with Crippen LogP contribution in [0.2, 0.25) is 0 Å². The maximum Gasteiger partial charge on any atom is 0.309 e. The average Bonchev–Trinajstić information content (AvgIpc) is 2.91. The molecule has 0 bridgehead atoms. The van der Waals surface area contributed by atoms with Crippen molar-refractivity contribution < 1.29 is 9.53 Å². The molecule has 2 aliphatic carbocycles. The fourth-order valence-electron chi connectivity index (χ4n) is 6.14. The summed E-state index contributed by atoms with van der Waals surface area (Å²) in [5.41, 5.74) is 4.24. The monoisotopic (exact) mass is 472 g/mol. The molecule has 0 unspecified atom stereocenters. The molecular weight excluding hydrogens is 428 g/mol. The molecule has 188 valence electrons. The van der Waals surface area contributed by atoms with E-state index in [4.69, 9.17) is 4.74 Å². The van der Waals surface area contributed by atoms with Crippen LogP contribution in [0.15, 0.2) is 66.7 Å². The molecule has 2 aromatic rings. The smallest absolute Gasteiger partial charge is 0.309 e. The van der Waals surface area contributed by atoms with Gasteiger partial charge in [-0.3, -0.25) is 4.79 Å². The van der Waals surface area contributed by atoms with Crippen LogP contribution >= 0.6 is 0 Å². The van der Waals surface area contributed by atoms with E-state index >= 15 is 0 Å². The minimum absolute atomic E-state index is 0.0751.